The molecule has 5 nitrogen and oxygen atoms in total. The van der Waals surface area contributed by atoms with Crippen molar-refractivity contribution in [3.8, 4) is 0 Å². The maximum atomic E-state index is 14.5. The topological polar surface area (TPSA) is 69.7 Å². The molecule has 0 radical (unpaired) electrons. The third kappa shape index (κ3) is 3.28. The highest BCUT2D eigenvalue weighted by molar-refractivity contribution is 6.17. The predicted molar refractivity (Wildman–Crippen MR) is 120 cm³/mol. The van der Waals surface area contributed by atoms with Gasteiger partial charge in [0.2, 0.25) is 0 Å². The Kier molecular flexibility index (Phi) is 6.08. The van der Waals surface area contributed by atoms with Gasteiger partial charge in [0.1, 0.15) is 22.5 Å². The number of carbonyl (C=O) groups excluding carboxylic acids is 3. The molecule has 0 spiro atoms. The number of hydrogen-bond donors (Lipinski definition) is 0. The van der Waals surface area contributed by atoms with Crippen LogP contribution in [0.4, 0.5) is 8.78 Å². The number of rotatable bonds is 4. The first kappa shape index (κ1) is 24.0. The molecule has 34 heavy (non-hydrogen) atoms. The first-order valence-electron chi connectivity index (χ1n) is 11.4. The summed E-state index contributed by atoms with van der Waals surface area (Å²) in [6.07, 6.45) is 0.303. The molecule has 4 rings (SSSR count). The Morgan fingerprint density at radius 2 is 1.24 bits per heavy atom. The third-order valence-electron chi connectivity index (χ3n) is 7.78. The van der Waals surface area contributed by atoms with Crippen molar-refractivity contribution in [2.75, 3.05) is 14.2 Å². The lowest BCUT2D eigenvalue weighted by Gasteiger charge is -2.59. The number of fused-ring (bicyclic) bond motifs is 2. The fourth-order valence-electron chi connectivity index (χ4n) is 6.93. The number of hydrogen-bond acceptors (Lipinski definition) is 5. The summed E-state index contributed by atoms with van der Waals surface area (Å²) in [5.74, 6) is -5.48. The highest BCUT2D eigenvalue weighted by Gasteiger charge is 2.74. The van der Waals surface area contributed by atoms with Crippen molar-refractivity contribution in [3.05, 3.63) is 71.3 Å². The molecule has 2 aromatic carbocycles. The molecule has 4 unspecified atom stereocenters. The monoisotopic (exact) mass is 470 g/mol. The van der Waals surface area contributed by atoms with Crippen LogP contribution in [-0.2, 0) is 23.9 Å². The lowest BCUT2D eigenvalue weighted by molar-refractivity contribution is -0.189. The van der Waals surface area contributed by atoms with Gasteiger partial charge in [-0.2, -0.15) is 0 Å². The summed E-state index contributed by atoms with van der Waals surface area (Å²) in [5, 5.41) is 0. The normalized spacial score (nSPS) is 32.7. The van der Waals surface area contributed by atoms with E-state index in [1.165, 1.54) is 50.6 Å². The van der Waals surface area contributed by atoms with Crippen LogP contribution in [0.15, 0.2) is 48.5 Å². The summed E-state index contributed by atoms with van der Waals surface area (Å²) in [4.78, 5) is 41.4. The van der Waals surface area contributed by atoms with Crippen molar-refractivity contribution in [1.29, 1.82) is 0 Å². The lowest BCUT2D eigenvalue weighted by atomic mass is 9.40. The van der Waals surface area contributed by atoms with E-state index in [-0.39, 0.29) is 18.8 Å². The number of halogens is 2. The third-order valence-corrected chi connectivity index (χ3v) is 7.78. The molecule has 2 bridgehead atoms. The summed E-state index contributed by atoms with van der Waals surface area (Å²) in [5.41, 5.74) is -2.50. The molecule has 180 valence electrons. The van der Waals surface area contributed by atoms with E-state index < -0.39 is 57.9 Å². The Labute approximate surface area is 197 Å². The van der Waals surface area contributed by atoms with Gasteiger partial charge in [-0.05, 0) is 60.1 Å². The van der Waals surface area contributed by atoms with Gasteiger partial charge in [-0.3, -0.25) is 14.4 Å². The van der Waals surface area contributed by atoms with Crippen LogP contribution in [0.3, 0.4) is 0 Å². The van der Waals surface area contributed by atoms with E-state index in [4.69, 9.17) is 9.47 Å². The minimum atomic E-state index is -1.71. The van der Waals surface area contributed by atoms with Crippen molar-refractivity contribution in [2.45, 2.75) is 38.5 Å². The molecule has 7 heteroatoms. The van der Waals surface area contributed by atoms with Gasteiger partial charge in [0.05, 0.1) is 14.2 Å². The Morgan fingerprint density at radius 1 is 0.824 bits per heavy atom. The number of esters is 2. The van der Waals surface area contributed by atoms with Gasteiger partial charge in [-0.1, -0.05) is 38.1 Å². The zero-order valence-electron chi connectivity index (χ0n) is 19.6. The van der Waals surface area contributed by atoms with Gasteiger partial charge >= 0.3 is 11.9 Å². The van der Waals surface area contributed by atoms with Gasteiger partial charge in [0, 0.05) is 11.8 Å². The summed E-state index contributed by atoms with van der Waals surface area (Å²) in [7, 11) is 2.41. The zero-order valence-corrected chi connectivity index (χ0v) is 19.6. The van der Waals surface area contributed by atoms with Crippen LogP contribution in [0.1, 0.15) is 49.7 Å². The number of ketones is 1. The fourth-order valence-corrected chi connectivity index (χ4v) is 6.93. The highest BCUT2D eigenvalue weighted by Crippen LogP contribution is 2.67. The first-order valence-corrected chi connectivity index (χ1v) is 11.4. The van der Waals surface area contributed by atoms with Crippen LogP contribution in [0.2, 0.25) is 0 Å². The highest BCUT2D eigenvalue weighted by atomic mass is 19.1. The van der Waals surface area contributed by atoms with E-state index in [2.05, 4.69) is 0 Å². The maximum Gasteiger partial charge on any atom is 0.320 e. The molecule has 0 N–H and O–H groups in total. The first-order chi connectivity index (χ1) is 16.1. The van der Waals surface area contributed by atoms with Crippen molar-refractivity contribution in [1.82, 2.24) is 0 Å². The summed E-state index contributed by atoms with van der Waals surface area (Å²) < 4.78 is 39.1. The van der Waals surface area contributed by atoms with Crippen molar-refractivity contribution < 1.29 is 32.6 Å². The van der Waals surface area contributed by atoms with Crippen LogP contribution in [0.25, 0.3) is 0 Å². The Bertz CT molecular complexity index is 1060. The molecule has 2 aliphatic carbocycles. The molecule has 2 aromatic rings. The summed E-state index contributed by atoms with van der Waals surface area (Å²) >= 11 is 0. The van der Waals surface area contributed by atoms with Crippen LogP contribution in [-0.4, -0.2) is 31.9 Å². The molecule has 0 saturated heterocycles. The van der Waals surface area contributed by atoms with E-state index in [1.807, 2.05) is 13.8 Å². The maximum absolute atomic E-state index is 14.5. The molecule has 0 amide bonds. The van der Waals surface area contributed by atoms with E-state index >= 15 is 0 Å². The molecule has 2 aliphatic rings. The second-order valence-electron chi connectivity index (χ2n) is 9.69. The number of Topliss-reactive ketones (excluding diaryl/α,β-unsaturated/α-hetero) is 1. The van der Waals surface area contributed by atoms with Crippen LogP contribution >= 0.6 is 0 Å². The van der Waals surface area contributed by atoms with Crippen LogP contribution in [0.5, 0.6) is 0 Å². The van der Waals surface area contributed by atoms with Gasteiger partial charge in [0.15, 0.2) is 5.78 Å². The molecular weight excluding hydrogens is 442 g/mol. The van der Waals surface area contributed by atoms with E-state index in [1.54, 1.807) is 12.1 Å². The van der Waals surface area contributed by atoms with Crippen LogP contribution in [0, 0.1) is 34.3 Å². The van der Waals surface area contributed by atoms with Gasteiger partial charge in [-0.25, -0.2) is 8.78 Å². The average molecular weight is 471 g/mol. The molecule has 0 aromatic heterocycles. The Hall–Kier alpha value is -3.09. The summed E-state index contributed by atoms with van der Waals surface area (Å²) in [6.45, 7) is 3.69. The number of carbonyl (C=O) groups is 3. The molecule has 2 fully saturated rings. The largest absolute Gasteiger partial charge is 0.468 e. The van der Waals surface area contributed by atoms with Gasteiger partial charge in [0.25, 0.3) is 0 Å². The van der Waals surface area contributed by atoms with E-state index in [0.29, 0.717) is 11.1 Å². The van der Waals surface area contributed by atoms with Crippen LogP contribution < -0.4 is 0 Å². The number of methoxy groups -OCH3 is 2. The molecule has 2 saturated carbocycles. The Balaban J connectivity index is 2.09. The van der Waals surface area contributed by atoms with E-state index in [9.17, 15) is 23.2 Å². The molecule has 0 heterocycles. The second-order valence-corrected chi connectivity index (χ2v) is 9.69. The average Bonchev–Trinajstić information content (AvgIpc) is 2.80. The fraction of sp³-hybridized carbons (Fsp3) is 0.444. The quantitative estimate of drug-likeness (QED) is 0.474. The predicted octanol–water partition coefficient (Wildman–Crippen LogP) is 4.80. The van der Waals surface area contributed by atoms with E-state index in [0.717, 1.165) is 0 Å². The number of ether oxygens (including phenoxy) is 2. The number of benzene rings is 2. The van der Waals surface area contributed by atoms with Gasteiger partial charge in [-0.15, -0.1) is 0 Å². The molecule has 0 aliphatic heterocycles. The zero-order chi connectivity index (χ0) is 24.8. The van der Waals surface area contributed by atoms with Crippen molar-refractivity contribution in [3.63, 3.8) is 0 Å². The second kappa shape index (κ2) is 8.60. The molecule has 4 atom stereocenters. The standard InChI is InChI=1S/C27H28F2O5/c1-15-13-26(24(31)33-3)21(17-7-5-9-19(28)11-17)16(2)22(18-8-6-10-20(29)12-18)27(14-15,23(26)30)25(32)34-4/h5-12,15-16,21-22H,13-14H2,1-4H3. The smallest absolute Gasteiger partial charge is 0.320 e. The SMILES string of the molecule is COC(=O)C12CC(C)CC(C(=O)OC)(C1=O)C(c1cccc(F)c1)C(C)C2c1cccc(F)c1. The van der Waals surface area contributed by atoms with Crippen molar-refractivity contribution in [2.24, 2.45) is 22.7 Å². The lowest BCUT2D eigenvalue weighted by Crippen LogP contribution is -2.67. The summed E-state index contributed by atoms with van der Waals surface area (Å²) in [6, 6.07) is 11.6. The molecular formula is C27H28F2O5. The Morgan fingerprint density at radius 3 is 1.59 bits per heavy atom. The van der Waals surface area contributed by atoms with Crippen molar-refractivity contribution >= 4 is 17.7 Å². The van der Waals surface area contributed by atoms with Gasteiger partial charge < -0.3 is 9.47 Å². The minimum absolute atomic E-state index is 0.151. The minimum Gasteiger partial charge on any atom is -0.468 e.